The largest absolute Gasteiger partial charge is 0.491 e. The Kier molecular flexibility index (Phi) is 10.5. The Bertz CT molecular complexity index is 1000. The Balaban J connectivity index is 1.48. The van der Waals surface area contributed by atoms with Crippen LogP contribution < -0.4 is 0 Å². The minimum Gasteiger partial charge on any atom is -0.491 e. The molecule has 0 saturated carbocycles. The normalized spacial score (nSPS) is 25.1. The van der Waals surface area contributed by atoms with Crippen LogP contribution in [0.5, 0.6) is 0 Å². The lowest BCUT2D eigenvalue weighted by atomic mass is 9.88. The summed E-state index contributed by atoms with van der Waals surface area (Å²) in [7, 11) is 0. The second-order valence-corrected chi connectivity index (χ2v) is 9.29. The zero-order valence-electron chi connectivity index (χ0n) is 21.2. The number of esters is 2. The van der Waals surface area contributed by atoms with Gasteiger partial charge >= 0.3 is 11.9 Å². The van der Waals surface area contributed by atoms with Crippen LogP contribution >= 0.6 is 0 Å². The maximum Gasteiger partial charge on any atom is 0.339 e. The third-order valence-corrected chi connectivity index (χ3v) is 6.19. The molecule has 0 fully saturated rings. The number of allylic oxidation sites excluding steroid dienone is 2. The minimum absolute atomic E-state index is 0.0921. The van der Waals surface area contributed by atoms with Gasteiger partial charge in [-0.3, -0.25) is 0 Å². The van der Waals surface area contributed by atoms with Crippen molar-refractivity contribution in [1.29, 1.82) is 0 Å². The summed E-state index contributed by atoms with van der Waals surface area (Å²) >= 11 is 0. The molecule has 0 aromatic heterocycles. The number of fused-ring (bicyclic) bond motifs is 1. The van der Waals surface area contributed by atoms with Crippen LogP contribution in [-0.2, 0) is 28.5 Å². The van der Waals surface area contributed by atoms with Gasteiger partial charge in [0, 0.05) is 18.1 Å². The standard InChI is InChI=1S/C28H36O9/c1-4-24(30)25(31)11-12-34-21-8-5-18(6-9-21)23-13-19-7-10-22(14-26(19)37-28(23)33)35-15-20(29)16-36-27(32)17(2)3/h5-8,10,13-14,19-21,24-26,29-31H,2,4,9,11-12,15-16H2,1,3H3. The molecule has 0 aromatic carbocycles. The first-order valence-corrected chi connectivity index (χ1v) is 12.5. The summed E-state index contributed by atoms with van der Waals surface area (Å²) in [5, 5.41) is 29.5. The Morgan fingerprint density at radius 2 is 1.95 bits per heavy atom. The highest BCUT2D eigenvalue weighted by molar-refractivity contribution is 5.95. The molecule has 202 valence electrons. The van der Waals surface area contributed by atoms with Crippen LogP contribution in [0.4, 0.5) is 0 Å². The van der Waals surface area contributed by atoms with E-state index in [0.717, 1.165) is 5.57 Å². The van der Waals surface area contributed by atoms with Crippen molar-refractivity contribution in [2.75, 3.05) is 19.8 Å². The predicted molar refractivity (Wildman–Crippen MR) is 135 cm³/mol. The van der Waals surface area contributed by atoms with Crippen LogP contribution in [0.2, 0.25) is 0 Å². The van der Waals surface area contributed by atoms with E-state index in [4.69, 9.17) is 18.9 Å². The highest BCUT2D eigenvalue weighted by atomic mass is 16.6. The number of hydrogen-bond acceptors (Lipinski definition) is 9. The molecule has 6 atom stereocenters. The van der Waals surface area contributed by atoms with Gasteiger partial charge in [0.05, 0.1) is 23.9 Å². The lowest BCUT2D eigenvalue weighted by molar-refractivity contribution is -0.144. The van der Waals surface area contributed by atoms with Crippen molar-refractivity contribution < 1.29 is 43.9 Å². The fourth-order valence-corrected chi connectivity index (χ4v) is 3.93. The maximum absolute atomic E-state index is 12.7. The number of hydrogen-bond donors (Lipinski definition) is 3. The lowest BCUT2D eigenvalue weighted by Crippen LogP contribution is -2.32. The predicted octanol–water partition coefficient (Wildman–Crippen LogP) is 2.20. The van der Waals surface area contributed by atoms with E-state index in [2.05, 4.69) is 6.58 Å². The Labute approximate surface area is 217 Å². The lowest BCUT2D eigenvalue weighted by Gasteiger charge is -2.30. The molecule has 0 spiro atoms. The molecule has 1 aliphatic heterocycles. The van der Waals surface area contributed by atoms with Crippen molar-refractivity contribution in [3.63, 3.8) is 0 Å². The summed E-state index contributed by atoms with van der Waals surface area (Å²) in [6.45, 7) is 6.83. The average Bonchev–Trinajstić information content (AvgIpc) is 2.89. The quantitative estimate of drug-likeness (QED) is 0.249. The molecular formula is C28H36O9. The highest BCUT2D eigenvalue weighted by Crippen LogP contribution is 2.32. The molecule has 0 radical (unpaired) electrons. The van der Waals surface area contributed by atoms with Crippen LogP contribution in [0.15, 0.2) is 71.6 Å². The van der Waals surface area contributed by atoms with E-state index in [-0.39, 0.29) is 30.8 Å². The van der Waals surface area contributed by atoms with E-state index in [1.807, 2.05) is 37.3 Å². The third-order valence-electron chi connectivity index (χ3n) is 6.19. The van der Waals surface area contributed by atoms with Gasteiger partial charge in [0.1, 0.15) is 31.2 Å². The first kappa shape index (κ1) is 28.6. The topological polar surface area (TPSA) is 132 Å². The summed E-state index contributed by atoms with van der Waals surface area (Å²) in [4.78, 5) is 24.1. The molecule has 1 heterocycles. The fraction of sp³-hybridized carbons (Fsp3) is 0.500. The SMILES string of the molecule is C=C(C)C(=O)OCC(O)COC1=CC2OC(=O)C(C3=CCC(OCCC(O)C(O)CC)C=C3)=CC2C=C1. The van der Waals surface area contributed by atoms with E-state index in [1.54, 1.807) is 12.2 Å². The van der Waals surface area contributed by atoms with Gasteiger partial charge in [-0.25, -0.2) is 9.59 Å². The van der Waals surface area contributed by atoms with Gasteiger partial charge in [-0.05, 0) is 43.9 Å². The second kappa shape index (κ2) is 13.5. The highest BCUT2D eigenvalue weighted by Gasteiger charge is 2.32. The van der Waals surface area contributed by atoms with E-state index in [0.29, 0.717) is 37.2 Å². The zero-order chi connectivity index (χ0) is 26.9. The van der Waals surface area contributed by atoms with Crippen molar-refractivity contribution in [1.82, 2.24) is 0 Å². The maximum atomic E-state index is 12.7. The monoisotopic (exact) mass is 516 g/mol. The smallest absolute Gasteiger partial charge is 0.339 e. The molecule has 9 nitrogen and oxygen atoms in total. The van der Waals surface area contributed by atoms with Crippen LogP contribution in [0.25, 0.3) is 0 Å². The third kappa shape index (κ3) is 8.26. The van der Waals surface area contributed by atoms with Crippen molar-refractivity contribution >= 4 is 11.9 Å². The summed E-state index contributed by atoms with van der Waals surface area (Å²) in [6, 6.07) is 0. The van der Waals surface area contributed by atoms with E-state index in [9.17, 15) is 24.9 Å². The molecule has 9 heteroatoms. The van der Waals surface area contributed by atoms with E-state index >= 15 is 0 Å². The number of carbonyl (C=O) groups excluding carboxylic acids is 2. The number of carbonyl (C=O) groups is 2. The number of aliphatic hydroxyl groups is 3. The van der Waals surface area contributed by atoms with Gasteiger partial charge in [-0.2, -0.15) is 0 Å². The van der Waals surface area contributed by atoms with Gasteiger partial charge in [-0.15, -0.1) is 0 Å². The number of ether oxygens (including phenoxy) is 4. The molecule has 0 amide bonds. The van der Waals surface area contributed by atoms with Crippen molar-refractivity contribution in [3.05, 3.63) is 71.6 Å². The zero-order valence-corrected chi connectivity index (χ0v) is 21.2. The van der Waals surface area contributed by atoms with Gasteiger partial charge in [-0.1, -0.05) is 43.9 Å². The average molecular weight is 517 g/mol. The molecule has 0 bridgehead atoms. The number of rotatable bonds is 13. The molecule has 3 aliphatic rings. The van der Waals surface area contributed by atoms with Crippen LogP contribution in [-0.4, -0.2) is 77.6 Å². The van der Waals surface area contributed by atoms with Gasteiger partial charge in [0.25, 0.3) is 0 Å². The van der Waals surface area contributed by atoms with Crippen LogP contribution in [0.3, 0.4) is 0 Å². The van der Waals surface area contributed by atoms with Crippen molar-refractivity contribution in [3.8, 4) is 0 Å². The van der Waals surface area contributed by atoms with Crippen LogP contribution in [0.1, 0.15) is 33.1 Å². The van der Waals surface area contributed by atoms with Crippen molar-refractivity contribution in [2.24, 2.45) is 5.92 Å². The molecule has 3 rings (SSSR count). The number of aliphatic hydroxyl groups excluding tert-OH is 3. The Morgan fingerprint density at radius 3 is 2.62 bits per heavy atom. The summed E-state index contributed by atoms with van der Waals surface area (Å²) in [5.74, 6) is -0.726. The summed E-state index contributed by atoms with van der Waals surface area (Å²) in [6.07, 6.45) is 11.0. The van der Waals surface area contributed by atoms with Gasteiger partial charge < -0.3 is 34.3 Å². The van der Waals surface area contributed by atoms with Gasteiger partial charge in [0.2, 0.25) is 0 Å². The molecule has 0 aromatic rings. The molecular weight excluding hydrogens is 480 g/mol. The van der Waals surface area contributed by atoms with Gasteiger partial charge in [0.15, 0.2) is 0 Å². The second-order valence-electron chi connectivity index (χ2n) is 9.29. The minimum atomic E-state index is -1.01. The molecule has 3 N–H and O–H groups in total. The fourth-order valence-electron chi connectivity index (χ4n) is 3.93. The van der Waals surface area contributed by atoms with Crippen molar-refractivity contribution in [2.45, 2.75) is 63.6 Å². The van der Waals surface area contributed by atoms with E-state index < -0.39 is 36.4 Å². The van der Waals surface area contributed by atoms with Crippen LogP contribution in [0, 0.1) is 5.92 Å². The Morgan fingerprint density at radius 1 is 1.16 bits per heavy atom. The summed E-state index contributed by atoms with van der Waals surface area (Å²) < 4.78 is 21.9. The first-order chi connectivity index (χ1) is 17.7. The molecule has 6 unspecified atom stereocenters. The molecule has 37 heavy (non-hydrogen) atoms. The Hall–Kier alpha value is -2.98. The summed E-state index contributed by atoms with van der Waals surface area (Å²) in [5.41, 5.74) is 1.49. The van der Waals surface area contributed by atoms with E-state index in [1.165, 1.54) is 6.92 Å². The molecule has 2 aliphatic carbocycles. The molecule has 0 saturated heterocycles. The first-order valence-electron chi connectivity index (χ1n) is 12.5.